The topological polar surface area (TPSA) is 105 Å². The highest BCUT2D eigenvalue weighted by molar-refractivity contribution is 6.30. The van der Waals surface area contributed by atoms with Crippen molar-refractivity contribution >= 4 is 40.4 Å². The lowest BCUT2D eigenvalue weighted by Crippen LogP contribution is -2.43. The molecule has 172 valence electrons. The van der Waals surface area contributed by atoms with E-state index < -0.39 is 29.9 Å². The van der Waals surface area contributed by atoms with Crippen LogP contribution < -0.4 is 10.6 Å². The van der Waals surface area contributed by atoms with Crippen LogP contribution in [0.15, 0.2) is 75.6 Å². The quantitative estimate of drug-likeness (QED) is 0.400. The molecular formula is C25H20ClN3O5. The summed E-state index contributed by atoms with van der Waals surface area (Å²) in [6.07, 6.45) is 0. The maximum atomic E-state index is 13.1. The molecule has 8 nitrogen and oxygen atoms in total. The summed E-state index contributed by atoms with van der Waals surface area (Å²) in [5, 5.41) is 6.76. The van der Waals surface area contributed by atoms with Gasteiger partial charge in [-0.05, 0) is 55.5 Å². The number of carbonyl (C=O) groups is 3. The Bertz CT molecular complexity index is 1370. The van der Waals surface area contributed by atoms with Crippen LogP contribution >= 0.6 is 11.6 Å². The van der Waals surface area contributed by atoms with Gasteiger partial charge < -0.3 is 19.5 Å². The maximum Gasteiger partial charge on any atom is 0.325 e. The van der Waals surface area contributed by atoms with Crippen molar-refractivity contribution in [2.75, 3.05) is 6.54 Å². The number of para-hydroxylation sites is 1. The summed E-state index contributed by atoms with van der Waals surface area (Å²) < 4.78 is 11.6. The summed E-state index contributed by atoms with van der Waals surface area (Å²) in [5.74, 6) is 0.413. The normalized spacial score (nSPS) is 17.9. The molecule has 2 aromatic carbocycles. The Morgan fingerprint density at radius 1 is 1.06 bits per heavy atom. The molecule has 0 spiro atoms. The van der Waals surface area contributed by atoms with Crippen molar-refractivity contribution in [2.24, 2.45) is 0 Å². The average molecular weight is 478 g/mol. The number of nitrogens with zero attached hydrogens (tertiary/aromatic N) is 1. The van der Waals surface area contributed by atoms with Crippen molar-refractivity contribution in [2.45, 2.75) is 19.0 Å². The number of furan rings is 2. The fourth-order valence-corrected chi connectivity index (χ4v) is 3.99. The predicted octanol–water partition coefficient (Wildman–Crippen LogP) is 4.43. The van der Waals surface area contributed by atoms with Gasteiger partial charge in [-0.15, -0.1) is 0 Å². The summed E-state index contributed by atoms with van der Waals surface area (Å²) in [6, 6.07) is 19.1. The SMILES string of the molecule is CC1(c2cc3ccccc3o2)NC(=O)N(CC(=O)NCc2ccc(-c3ccc(Cl)cc3)o2)C1=O. The molecule has 2 aromatic heterocycles. The molecule has 1 aliphatic rings. The Hall–Kier alpha value is -4.04. The Kier molecular flexibility index (Phi) is 5.37. The van der Waals surface area contributed by atoms with E-state index in [0.717, 1.165) is 15.8 Å². The van der Waals surface area contributed by atoms with Crippen LogP contribution in [0.2, 0.25) is 5.02 Å². The monoisotopic (exact) mass is 477 g/mol. The number of carbonyl (C=O) groups excluding carboxylic acids is 3. The molecule has 0 saturated carbocycles. The number of amides is 4. The van der Waals surface area contributed by atoms with Gasteiger partial charge in [0.25, 0.3) is 5.91 Å². The molecule has 0 radical (unpaired) electrons. The number of urea groups is 1. The molecule has 1 atom stereocenters. The number of benzene rings is 2. The van der Waals surface area contributed by atoms with Crippen LogP contribution in [0.4, 0.5) is 4.79 Å². The van der Waals surface area contributed by atoms with Crippen LogP contribution in [0.3, 0.4) is 0 Å². The van der Waals surface area contributed by atoms with E-state index in [1.165, 1.54) is 0 Å². The first-order valence-corrected chi connectivity index (χ1v) is 11.0. The van der Waals surface area contributed by atoms with E-state index >= 15 is 0 Å². The summed E-state index contributed by atoms with van der Waals surface area (Å²) in [5.41, 5.74) is 0.0600. The third kappa shape index (κ3) is 3.92. The third-order valence-electron chi connectivity index (χ3n) is 5.75. The van der Waals surface area contributed by atoms with Gasteiger partial charge in [-0.3, -0.25) is 14.5 Å². The van der Waals surface area contributed by atoms with Gasteiger partial charge in [0.2, 0.25) is 5.91 Å². The second-order valence-corrected chi connectivity index (χ2v) is 8.58. The molecule has 0 aliphatic carbocycles. The number of halogens is 1. The van der Waals surface area contributed by atoms with Crippen molar-refractivity contribution in [3.05, 3.63) is 83.3 Å². The molecule has 2 N–H and O–H groups in total. The van der Waals surface area contributed by atoms with Crippen molar-refractivity contribution in [3.63, 3.8) is 0 Å². The lowest BCUT2D eigenvalue weighted by atomic mass is 9.99. The van der Waals surface area contributed by atoms with Crippen LogP contribution in [0.25, 0.3) is 22.3 Å². The molecule has 1 aliphatic heterocycles. The second kappa shape index (κ2) is 8.39. The molecule has 4 amide bonds. The van der Waals surface area contributed by atoms with Gasteiger partial charge in [0.15, 0.2) is 5.54 Å². The summed E-state index contributed by atoms with van der Waals surface area (Å²) in [4.78, 5) is 39.0. The molecule has 1 fully saturated rings. The third-order valence-corrected chi connectivity index (χ3v) is 6.00. The Morgan fingerprint density at radius 3 is 2.59 bits per heavy atom. The van der Waals surface area contributed by atoms with E-state index in [0.29, 0.717) is 27.9 Å². The fraction of sp³-hybridized carbons (Fsp3) is 0.160. The van der Waals surface area contributed by atoms with Gasteiger partial charge in [-0.2, -0.15) is 0 Å². The van der Waals surface area contributed by atoms with Gasteiger partial charge in [-0.1, -0.05) is 29.8 Å². The first-order valence-electron chi connectivity index (χ1n) is 10.6. The zero-order valence-corrected chi connectivity index (χ0v) is 18.9. The van der Waals surface area contributed by atoms with Gasteiger partial charge in [0.1, 0.15) is 29.4 Å². The molecule has 9 heteroatoms. The molecule has 1 saturated heterocycles. The summed E-state index contributed by atoms with van der Waals surface area (Å²) >= 11 is 5.91. The van der Waals surface area contributed by atoms with E-state index in [1.54, 1.807) is 43.3 Å². The first-order chi connectivity index (χ1) is 16.3. The van der Waals surface area contributed by atoms with E-state index in [-0.39, 0.29) is 6.54 Å². The highest BCUT2D eigenvalue weighted by Crippen LogP contribution is 2.33. The molecule has 0 bridgehead atoms. The predicted molar refractivity (Wildman–Crippen MR) is 125 cm³/mol. The van der Waals surface area contributed by atoms with E-state index in [9.17, 15) is 14.4 Å². The lowest BCUT2D eigenvalue weighted by molar-refractivity contribution is -0.135. The van der Waals surface area contributed by atoms with Crippen molar-refractivity contribution in [1.82, 2.24) is 15.5 Å². The van der Waals surface area contributed by atoms with E-state index in [4.69, 9.17) is 20.4 Å². The second-order valence-electron chi connectivity index (χ2n) is 8.14. The minimum Gasteiger partial charge on any atom is -0.459 e. The number of fused-ring (bicyclic) bond motifs is 1. The molecule has 1 unspecified atom stereocenters. The molecule has 3 heterocycles. The van der Waals surface area contributed by atoms with Crippen molar-refractivity contribution in [3.8, 4) is 11.3 Å². The van der Waals surface area contributed by atoms with Crippen molar-refractivity contribution in [1.29, 1.82) is 0 Å². The number of rotatable bonds is 6. The smallest absolute Gasteiger partial charge is 0.325 e. The van der Waals surface area contributed by atoms with Gasteiger partial charge in [-0.25, -0.2) is 4.79 Å². The van der Waals surface area contributed by atoms with Gasteiger partial charge in [0, 0.05) is 16.0 Å². The van der Waals surface area contributed by atoms with Crippen molar-refractivity contribution < 1.29 is 23.2 Å². The van der Waals surface area contributed by atoms with Gasteiger partial charge in [0.05, 0.1) is 6.54 Å². The lowest BCUT2D eigenvalue weighted by Gasteiger charge is -2.18. The minimum absolute atomic E-state index is 0.108. The molecule has 34 heavy (non-hydrogen) atoms. The summed E-state index contributed by atoms with van der Waals surface area (Å²) in [6.45, 7) is 1.24. The van der Waals surface area contributed by atoms with Crippen LogP contribution in [0.5, 0.6) is 0 Å². The fourth-order valence-electron chi connectivity index (χ4n) is 3.86. The summed E-state index contributed by atoms with van der Waals surface area (Å²) in [7, 11) is 0. The highest BCUT2D eigenvalue weighted by Gasteiger charge is 2.51. The minimum atomic E-state index is -1.40. The van der Waals surface area contributed by atoms with E-state index in [1.807, 2.05) is 30.3 Å². The Labute approximate surface area is 199 Å². The standard InChI is InChI=1S/C25H20ClN3O5/c1-25(21-12-16-4-2-3-5-19(16)34-21)23(31)29(24(32)28-25)14-22(30)27-13-18-10-11-20(33-18)15-6-8-17(26)9-7-15/h2-12H,13-14H2,1H3,(H,27,30)(H,28,32). The average Bonchev–Trinajstić information content (AvgIpc) is 3.53. The Morgan fingerprint density at radius 2 is 1.82 bits per heavy atom. The van der Waals surface area contributed by atoms with E-state index in [2.05, 4.69) is 10.6 Å². The first kappa shape index (κ1) is 21.8. The maximum absolute atomic E-state index is 13.1. The zero-order chi connectivity index (χ0) is 23.9. The van der Waals surface area contributed by atoms with Gasteiger partial charge >= 0.3 is 6.03 Å². The number of hydrogen-bond donors (Lipinski definition) is 2. The van der Waals surface area contributed by atoms with Crippen LogP contribution in [-0.2, 0) is 21.7 Å². The number of imide groups is 1. The van der Waals surface area contributed by atoms with Crippen LogP contribution in [0, 0.1) is 0 Å². The van der Waals surface area contributed by atoms with Crippen LogP contribution in [-0.4, -0.2) is 29.3 Å². The molecule has 5 rings (SSSR count). The Balaban J connectivity index is 1.23. The highest BCUT2D eigenvalue weighted by atomic mass is 35.5. The number of nitrogens with one attached hydrogen (secondary N) is 2. The molecule has 4 aromatic rings. The molecular weight excluding hydrogens is 458 g/mol. The largest absolute Gasteiger partial charge is 0.459 e. The zero-order valence-electron chi connectivity index (χ0n) is 18.1. The van der Waals surface area contributed by atoms with Crippen LogP contribution in [0.1, 0.15) is 18.4 Å². The number of hydrogen-bond acceptors (Lipinski definition) is 5.